The summed E-state index contributed by atoms with van der Waals surface area (Å²) in [6, 6.07) is 6.82. The second-order valence-corrected chi connectivity index (χ2v) is 19.1. The number of hydrogen-bond donors (Lipinski definition) is 4. The number of aliphatic hydroxyl groups is 3. The molecule has 1 saturated heterocycles. The number of Topliss-reactive ketones (excluding diaryl/α,β-unsaturated/α-hetero) is 1. The molecule has 3 saturated carbocycles. The van der Waals surface area contributed by atoms with Crippen molar-refractivity contribution in [3.8, 4) is 0 Å². The first-order chi connectivity index (χ1) is 29.8. The summed E-state index contributed by atoms with van der Waals surface area (Å²) in [6.45, 7) is 8.12. The van der Waals surface area contributed by atoms with Gasteiger partial charge in [-0.05, 0) is 62.3 Å². The zero-order valence-electron chi connectivity index (χ0n) is 36.9. The standard InChI is InChI=1S/C48H61NO14/c1-26-32(61-44(57)38(54)37(30-18-12-8-13-19-30)49-35(53)22-29-16-10-7-11-17-29)24-48(58)42(62-43(56)31-20-14-9-15-21-31)40-46(6,33(52)23-34-47(40,25-59-34)63-28(3)51)41(55)39(60-27(2)50)36(26)45(48,4)5/h8-9,12-15,18,20-21,29-30,32-34,37-40,42,52,54,58H,7,10-11,16-17,19,22-25H2,1-6H3,(H,49,53)/t30?,32-,33-,34+,37-,38+,39+,40?,42-,46+,47-,48+/m0/s1. The minimum absolute atomic E-state index is 0.0302. The van der Waals surface area contributed by atoms with Crippen molar-refractivity contribution < 1.29 is 67.8 Å². The van der Waals surface area contributed by atoms with Gasteiger partial charge in [0, 0.05) is 44.4 Å². The van der Waals surface area contributed by atoms with Crippen LogP contribution in [0.2, 0.25) is 0 Å². The average molecular weight is 876 g/mol. The summed E-state index contributed by atoms with van der Waals surface area (Å²) in [5, 5.41) is 40.6. The van der Waals surface area contributed by atoms with E-state index in [9.17, 15) is 39.3 Å². The van der Waals surface area contributed by atoms with Crippen LogP contribution >= 0.6 is 0 Å². The fourth-order valence-electron chi connectivity index (χ4n) is 11.6. The Morgan fingerprint density at radius 1 is 0.952 bits per heavy atom. The third-order valence-corrected chi connectivity index (χ3v) is 15.0. The number of fused-ring (bicyclic) bond motifs is 5. The molecule has 15 heteroatoms. The summed E-state index contributed by atoms with van der Waals surface area (Å²) in [5.41, 5.74) is -7.45. The summed E-state index contributed by atoms with van der Waals surface area (Å²) < 4.78 is 30.4. The minimum atomic E-state index is -2.36. The SMILES string of the molecule is CC(=O)O[C@H]1C(=O)[C@@]2(C)C([C@H](OC(=O)c3ccccc3)[C@]3(O)C[C@H](OC(=O)[C@H](O)[C@@H](NC(=O)CC4CCCCC4)C4C=CC=CC4)C(C)=C1C3(C)C)[C@]1(OC(C)=O)CO[C@@H]1C[C@@H]2O. The van der Waals surface area contributed by atoms with Gasteiger partial charge in [0.25, 0.3) is 0 Å². The number of amides is 1. The molecular weight excluding hydrogens is 815 g/mol. The van der Waals surface area contributed by atoms with E-state index in [1.165, 1.54) is 26.0 Å². The van der Waals surface area contributed by atoms with Crippen LogP contribution in [-0.2, 0) is 47.7 Å². The molecule has 1 amide bonds. The van der Waals surface area contributed by atoms with Crippen molar-refractivity contribution in [3.63, 3.8) is 0 Å². The van der Waals surface area contributed by atoms with E-state index in [4.69, 9.17) is 23.7 Å². The molecule has 1 heterocycles. The lowest BCUT2D eigenvalue weighted by molar-refractivity contribution is -0.346. The van der Waals surface area contributed by atoms with Crippen molar-refractivity contribution in [1.82, 2.24) is 5.32 Å². The number of carbonyl (C=O) groups excluding carboxylic acids is 6. The Morgan fingerprint density at radius 2 is 1.65 bits per heavy atom. The van der Waals surface area contributed by atoms with Gasteiger partial charge in [-0.3, -0.25) is 19.2 Å². The Labute approximate surface area is 367 Å². The first kappa shape index (κ1) is 46.3. The van der Waals surface area contributed by atoms with Crippen LogP contribution in [0, 0.1) is 28.6 Å². The van der Waals surface area contributed by atoms with Gasteiger partial charge in [-0.1, -0.05) is 75.6 Å². The molecule has 0 aromatic heterocycles. The molecule has 0 radical (unpaired) electrons. The van der Waals surface area contributed by atoms with E-state index in [0.717, 1.165) is 39.0 Å². The predicted octanol–water partition coefficient (Wildman–Crippen LogP) is 4.15. The average Bonchev–Trinajstić information content (AvgIpc) is 3.24. The van der Waals surface area contributed by atoms with Gasteiger partial charge in [-0.15, -0.1) is 0 Å². The van der Waals surface area contributed by atoms with E-state index < -0.39 is 113 Å². The lowest BCUT2D eigenvalue weighted by atomic mass is 9.44. The molecule has 2 bridgehead atoms. The molecule has 1 aromatic carbocycles. The number of ether oxygens (including phenoxy) is 5. The topological polar surface area (TPSA) is 221 Å². The molecule has 63 heavy (non-hydrogen) atoms. The molecule has 4 fully saturated rings. The van der Waals surface area contributed by atoms with Crippen molar-refractivity contribution in [1.29, 1.82) is 0 Å². The summed E-state index contributed by atoms with van der Waals surface area (Å²) in [7, 11) is 0. The van der Waals surface area contributed by atoms with Crippen LogP contribution in [0.4, 0.5) is 0 Å². The van der Waals surface area contributed by atoms with Crippen LogP contribution in [0.3, 0.4) is 0 Å². The number of allylic oxidation sites excluding steroid dienone is 3. The summed E-state index contributed by atoms with van der Waals surface area (Å²) in [4.78, 5) is 83.7. The Bertz CT molecular complexity index is 2070. The predicted molar refractivity (Wildman–Crippen MR) is 224 cm³/mol. The number of esters is 4. The molecule has 6 aliphatic rings. The van der Waals surface area contributed by atoms with Gasteiger partial charge >= 0.3 is 23.9 Å². The second-order valence-electron chi connectivity index (χ2n) is 19.1. The number of rotatable bonds is 11. The summed E-state index contributed by atoms with van der Waals surface area (Å²) >= 11 is 0. The maximum atomic E-state index is 15.5. The normalized spacial score (nSPS) is 35.6. The Hall–Kier alpha value is -4.70. The fourth-order valence-corrected chi connectivity index (χ4v) is 11.6. The summed E-state index contributed by atoms with van der Waals surface area (Å²) in [5.74, 6) is -6.66. The molecule has 1 aromatic rings. The van der Waals surface area contributed by atoms with Crippen LogP contribution in [-0.4, -0.2) is 111 Å². The second kappa shape index (κ2) is 17.7. The molecule has 4 N–H and O–H groups in total. The molecule has 5 aliphatic carbocycles. The highest BCUT2D eigenvalue weighted by Gasteiger charge is 2.78. The van der Waals surface area contributed by atoms with Gasteiger partial charge in [0.2, 0.25) is 5.91 Å². The Kier molecular flexibility index (Phi) is 13.0. The molecule has 7 rings (SSSR count). The lowest BCUT2D eigenvalue weighted by Crippen LogP contribution is -2.82. The highest BCUT2D eigenvalue weighted by Crippen LogP contribution is 2.64. The third-order valence-electron chi connectivity index (χ3n) is 15.0. The van der Waals surface area contributed by atoms with Gasteiger partial charge in [0.15, 0.2) is 23.6 Å². The molecule has 12 atom stereocenters. The number of aliphatic hydroxyl groups excluding tert-OH is 2. The zero-order valence-corrected chi connectivity index (χ0v) is 36.9. The Balaban J connectivity index is 1.34. The van der Waals surface area contributed by atoms with Crippen molar-refractivity contribution in [2.45, 2.75) is 153 Å². The first-order valence-electron chi connectivity index (χ1n) is 22.2. The fraction of sp³-hybridized carbons (Fsp3) is 0.625. The van der Waals surface area contributed by atoms with Crippen LogP contribution in [0.25, 0.3) is 0 Å². The smallest absolute Gasteiger partial charge is 0.338 e. The summed E-state index contributed by atoms with van der Waals surface area (Å²) in [6.07, 6.45) is 2.73. The first-order valence-corrected chi connectivity index (χ1v) is 22.2. The highest BCUT2D eigenvalue weighted by atomic mass is 16.6. The van der Waals surface area contributed by atoms with E-state index in [0.29, 0.717) is 6.42 Å². The van der Waals surface area contributed by atoms with Crippen LogP contribution < -0.4 is 5.32 Å². The van der Waals surface area contributed by atoms with E-state index in [1.807, 2.05) is 12.2 Å². The minimum Gasteiger partial charge on any atom is -0.456 e. The van der Waals surface area contributed by atoms with Gasteiger partial charge in [0.05, 0.1) is 35.6 Å². The Morgan fingerprint density at radius 3 is 2.25 bits per heavy atom. The van der Waals surface area contributed by atoms with E-state index in [1.54, 1.807) is 51.1 Å². The maximum Gasteiger partial charge on any atom is 0.338 e. The van der Waals surface area contributed by atoms with E-state index in [-0.39, 0.29) is 48.0 Å². The van der Waals surface area contributed by atoms with Crippen molar-refractivity contribution in [2.75, 3.05) is 6.61 Å². The number of carbonyl (C=O) groups is 6. The van der Waals surface area contributed by atoms with Crippen LogP contribution in [0.5, 0.6) is 0 Å². The number of nitrogens with one attached hydrogen (secondary N) is 1. The number of ketones is 1. The molecule has 15 nitrogen and oxygen atoms in total. The molecule has 0 spiro atoms. The molecule has 2 unspecified atom stereocenters. The van der Waals surface area contributed by atoms with Crippen LogP contribution in [0.15, 0.2) is 65.8 Å². The van der Waals surface area contributed by atoms with Crippen molar-refractivity contribution in [2.24, 2.45) is 28.6 Å². The van der Waals surface area contributed by atoms with Crippen molar-refractivity contribution >= 4 is 35.6 Å². The van der Waals surface area contributed by atoms with E-state index >= 15 is 4.79 Å². The number of hydrogen-bond acceptors (Lipinski definition) is 14. The third kappa shape index (κ3) is 8.19. The largest absolute Gasteiger partial charge is 0.456 e. The lowest BCUT2D eigenvalue weighted by Gasteiger charge is -2.67. The van der Waals surface area contributed by atoms with E-state index in [2.05, 4.69) is 5.32 Å². The number of benzene rings is 1. The van der Waals surface area contributed by atoms with Crippen LogP contribution in [0.1, 0.15) is 110 Å². The monoisotopic (exact) mass is 875 g/mol. The van der Waals surface area contributed by atoms with Gasteiger partial charge in [-0.2, -0.15) is 0 Å². The highest BCUT2D eigenvalue weighted by molar-refractivity contribution is 5.95. The van der Waals surface area contributed by atoms with Crippen molar-refractivity contribution in [3.05, 3.63) is 71.3 Å². The molecular formula is C48H61NO14. The maximum absolute atomic E-state index is 15.5. The van der Waals surface area contributed by atoms with Gasteiger partial charge < -0.3 is 44.3 Å². The quantitative estimate of drug-likeness (QED) is 0.139. The van der Waals surface area contributed by atoms with Gasteiger partial charge in [-0.25, -0.2) is 9.59 Å². The molecule has 342 valence electrons. The zero-order chi connectivity index (χ0) is 45.6. The molecule has 1 aliphatic heterocycles. The van der Waals surface area contributed by atoms with Gasteiger partial charge in [0.1, 0.15) is 23.9 Å².